The maximum Gasteiger partial charge on any atom is 0.282 e. The number of nitrogens with zero attached hydrogens (tertiary/aromatic N) is 5. The van der Waals surface area contributed by atoms with E-state index in [0.717, 1.165) is 42.8 Å². The highest BCUT2D eigenvalue weighted by atomic mass is 79.9. The van der Waals surface area contributed by atoms with Crippen LogP contribution in [0, 0.1) is 17.8 Å². The molecule has 3 unspecified atom stereocenters. The van der Waals surface area contributed by atoms with Gasteiger partial charge < -0.3 is 19.9 Å². The molecule has 5 heterocycles. The van der Waals surface area contributed by atoms with Gasteiger partial charge in [0.1, 0.15) is 22.9 Å². The molecule has 1 aromatic heterocycles. The quantitative estimate of drug-likeness (QED) is 0.269. The fraction of sp³-hybridized carbons (Fsp3) is 0.410. The van der Waals surface area contributed by atoms with Gasteiger partial charge in [0, 0.05) is 57.2 Å². The lowest BCUT2D eigenvalue weighted by atomic mass is 9.87. The van der Waals surface area contributed by atoms with Gasteiger partial charge in [-0.3, -0.25) is 39.0 Å². The molecule has 280 valence electrons. The summed E-state index contributed by atoms with van der Waals surface area (Å²) in [5.74, 6) is 4.79. The van der Waals surface area contributed by atoms with Crippen LogP contribution in [0.3, 0.4) is 0 Å². The lowest BCUT2D eigenvalue weighted by molar-refractivity contribution is -0.136. The fourth-order valence-electron chi connectivity index (χ4n) is 7.65. The van der Waals surface area contributed by atoms with Crippen LogP contribution in [0.25, 0.3) is 0 Å². The van der Waals surface area contributed by atoms with Crippen molar-refractivity contribution >= 4 is 51.2 Å². The number of likely N-dealkylation sites (N-methyl/N-ethyl adjacent to an activating group) is 1. The number of benzene rings is 2. The number of amides is 5. The Bertz CT molecular complexity index is 2130. The zero-order valence-corrected chi connectivity index (χ0v) is 31.6. The molecule has 15 heteroatoms. The van der Waals surface area contributed by atoms with E-state index in [1.165, 1.54) is 16.8 Å². The fourth-order valence-corrected chi connectivity index (χ4v) is 8.12. The highest BCUT2D eigenvalue weighted by Crippen LogP contribution is 2.32. The minimum atomic E-state index is -1.03. The molecule has 2 N–H and O–H groups in total. The molecule has 0 radical (unpaired) electrons. The van der Waals surface area contributed by atoms with Crippen LogP contribution in [0.2, 0.25) is 0 Å². The first kappa shape index (κ1) is 37.0. The molecule has 3 atom stereocenters. The van der Waals surface area contributed by atoms with Crippen molar-refractivity contribution in [1.82, 2.24) is 29.8 Å². The van der Waals surface area contributed by atoms with E-state index in [4.69, 9.17) is 4.74 Å². The minimum absolute atomic E-state index is 0.000384. The molecule has 4 aliphatic heterocycles. The molecule has 4 aliphatic rings. The van der Waals surface area contributed by atoms with Crippen LogP contribution in [0.5, 0.6) is 5.75 Å². The van der Waals surface area contributed by atoms with Gasteiger partial charge in [0.05, 0.1) is 23.0 Å². The van der Waals surface area contributed by atoms with Crippen LogP contribution in [0.4, 0.5) is 5.69 Å². The van der Waals surface area contributed by atoms with E-state index in [0.29, 0.717) is 34.6 Å². The van der Waals surface area contributed by atoms with E-state index in [1.807, 2.05) is 29.2 Å². The Morgan fingerprint density at radius 1 is 0.981 bits per heavy atom. The third kappa shape index (κ3) is 7.67. The lowest BCUT2D eigenvalue weighted by Crippen LogP contribution is -2.54. The van der Waals surface area contributed by atoms with Crippen LogP contribution >= 0.6 is 15.9 Å². The number of carbonyl (C=O) groups excluding carboxylic acids is 5. The lowest BCUT2D eigenvalue weighted by Gasteiger charge is -2.37. The van der Waals surface area contributed by atoms with Gasteiger partial charge in [-0.05, 0) is 90.5 Å². The summed E-state index contributed by atoms with van der Waals surface area (Å²) >= 11 is 3.41. The summed E-state index contributed by atoms with van der Waals surface area (Å²) < 4.78 is 7.53. The molecule has 3 fully saturated rings. The second-order valence-electron chi connectivity index (χ2n) is 14.2. The highest BCUT2D eigenvalue weighted by molar-refractivity contribution is 9.10. The summed E-state index contributed by atoms with van der Waals surface area (Å²) in [7, 11) is 3.70. The number of hydrogen-bond acceptors (Lipinski definition) is 10. The number of likely N-dealkylation sites (tertiary alicyclic amines) is 2. The number of nitrogens with one attached hydrogen (secondary N) is 2. The predicted octanol–water partition coefficient (Wildman–Crippen LogP) is 2.78. The molecule has 3 aromatic rings. The van der Waals surface area contributed by atoms with Gasteiger partial charge in [-0.2, -0.15) is 5.10 Å². The van der Waals surface area contributed by atoms with Gasteiger partial charge in [-0.1, -0.05) is 24.0 Å². The standard InChI is InChI=1S/C39H40BrN7O7/c1-44-21-26(18-27(22-44)42-31-20-41-45(2)39(53)34(31)40)24-5-7-25(8-6-24)36(50)46-15-13-23(14-16-46)4-3-17-54-28-9-10-29-30(19-28)38(52)47(37(29)51)32-11-12-33(48)43-35(32)49/h5-10,19-20,23,26-27,32,42H,11-18,21-22H2,1-2H3,(H,43,48,49). The van der Waals surface area contributed by atoms with Gasteiger partial charge in [0.2, 0.25) is 11.8 Å². The molecular formula is C39H40BrN7O7. The van der Waals surface area contributed by atoms with Crippen molar-refractivity contribution < 1.29 is 28.7 Å². The van der Waals surface area contributed by atoms with Crippen molar-refractivity contribution in [3.8, 4) is 17.6 Å². The Morgan fingerprint density at radius 3 is 2.46 bits per heavy atom. The maximum absolute atomic E-state index is 13.4. The number of anilines is 1. The van der Waals surface area contributed by atoms with Gasteiger partial charge in [-0.15, -0.1) is 0 Å². The summed E-state index contributed by atoms with van der Waals surface area (Å²) in [5.41, 5.74) is 2.63. The van der Waals surface area contributed by atoms with E-state index >= 15 is 0 Å². The molecule has 2 aromatic carbocycles. The largest absolute Gasteiger partial charge is 0.481 e. The van der Waals surface area contributed by atoms with Crippen LogP contribution in [-0.2, 0) is 16.6 Å². The van der Waals surface area contributed by atoms with Crippen LogP contribution in [0.1, 0.15) is 74.7 Å². The molecule has 0 bridgehead atoms. The van der Waals surface area contributed by atoms with Crippen LogP contribution in [-0.4, -0.2) is 106 Å². The summed E-state index contributed by atoms with van der Waals surface area (Å²) in [6, 6.07) is 11.6. The highest BCUT2D eigenvalue weighted by Gasteiger charge is 2.44. The number of hydrogen-bond donors (Lipinski definition) is 2. The summed E-state index contributed by atoms with van der Waals surface area (Å²) in [6.45, 7) is 2.99. The zero-order chi connectivity index (χ0) is 38.1. The van der Waals surface area contributed by atoms with Crippen molar-refractivity contribution in [3.63, 3.8) is 0 Å². The Morgan fingerprint density at radius 2 is 1.72 bits per heavy atom. The third-order valence-electron chi connectivity index (χ3n) is 10.5. The summed E-state index contributed by atoms with van der Waals surface area (Å²) in [6.07, 6.45) is 4.16. The Hall–Kier alpha value is -5.33. The number of imide groups is 2. The predicted molar refractivity (Wildman–Crippen MR) is 201 cm³/mol. The first-order chi connectivity index (χ1) is 26.0. The molecule has 0 spiro atoms. The summed E-state index contributed by atoms with van der Waals surface area (Å²) in [4.78, 5) is 80.6. The van der Waals surface area contributed by atoms with E-state index in [-0.39, 0.29) is 59.9 Å². The average molecular weight is 799 g/mol. The van der Waals surface area contributed by atoms with Gasteiger partial charge in [0.15, 0.2) is 0 Å². The van der Waals surface area contributed by atoms with Gasteiger partial charge in [0.25, 0.3) is 23.3 Å². The molecule has 0 aliphatic carbocycles. The normalized spacial score (nSPS) is 22.0. The smallest absolute Gasteiger partial charge is 0.282 e. The van der Waals surface area contributed by atoms with Gasteiger partial charge >= 0.3 is 0 Å². The monoisotopic (exact) mass is 797 g/mol. The van der Waals surface area contributed by atoms with E-state index in [2.05, 4.69) is 55.5 Å². The first-order valence-electron chi connectivity index (χ1n) is 18.0. The van der Waals surface area contributed by atoms with Crippen molar-refractivity contribution in [2.24, 2.45) is 13.0 Å². The minimum Gasteiger partial charge on any atom is -0.481 e. The average Bonchev–Trinajstić information content (AvgIpc) is 3.41. The van der Waals surface area contributed by atoms with E-state index < -0.39 is 29.7 Å². The molecule has 54 heavy (non-hydrogen) atoms. The number of aromatic nitrogens is 2. The second kappa shape index (κ2) is 15.6. The Balaban J connectivity index is 0.881. The number of fused-ring (bicyclic) bond motifs is 1. The van der Waals surface area contributed by atoms with E-state index in [1.54, 1.807) is 19.3 Å². The van der Waals surface area contributed by atoms with Crippen LogP contribution in [0.15, 0.2) is 57.9 Å². The topological polar surface area (TPSA) is 163 Å². The SMILES string of the molecule is CN1CC(Nc2cnn(C)c(=O)c2Br)CC(c2ccc(C(=O)N3CCC(C#CCOc4ccc5c(c4)C(=O)N(C4CCC(=O)NC4=O)C5=O)CC3)cc2)C1. The van der Waals surface area contributed by atoms with Crippen molar-refractivity contribution in [1.29, 1.82) is 0 Å². The maximum atomic E-state index is 13.4. The molecule has 3 saturated heterocycles. The molecule has 5 amide bonds. The summed E-state index contributed by atoms with van der Waals surface area (Å²) in [5, 5.41) is 9.82. The van der Waals surface area contributed by atoms with Crippen molar-refractivity contribution in [3.05, 3.63) is 85.7 Å². The Labute approximate surface area is 320 Å². The third-order valence-corrected chi connectivity index (χ3v) is 11.3. The number of piperidine rings is 3. The van der Waals surface area contributed by atoms with Crippen molar-refractivity contribution in [2.75, 3.05) is 45.2 Å². The molecule has 7 rings (SSSR count). The number of carbonyl (C=O) groups is 5. The number of rotatable bonds is 7. The molecular weight excluding hydrogens is 758 g/mol. The van der Waals surface area contributed by atoms with Gasteiger partial charge in [-0.25, -0.2) is 4.68 Å². The number of ether oxygens (including phenoxy) is 1. The molecule has 0 saturated carbocycles. The number of aryl methyl sites for hydroxylation is 1. The first-order valence-corrected chi connectivity index (χ1v) is 18.8. The van der Waals surface area contributed by atoms with Crippen molar-refractivity contribution in [2.45, 2.75) is 50.1 Å². The van der Waals surface area contributed by atoms with Crippen LogP contribution < -0.4 is 20.9 Å². The second-order valence-corrected chi connectivity index (χ2v) is 15.0. The Kier molecular flexibility index (Phi) is 10.7. The zero-order valence-electron chi connectivity index (χ0n) is 30.0. The molecule has 14 nitrogen and oxygen atoms in total. The number of halogens is 1. The van der Waals surface area contributed by atoms with E-state index in [9.17, 15) is 28.8 Å².